The van der Waals surface area contributed by atoms with Crippen LogP contribution >= 0.6 is 23.4 Å². The SMILES string of the molecule is CC(=O)O[C@H]1[C@H](OCc2ccccc2)[C@@H](F)[C@H](O[C@H]2[C@H](OCc3ccccc3)[C@@H](F)[C@@H](O[C@H]3[C@H](OCc4ccccc4)[C@@H](F)[C@H](Sc4ccc(Cl)cc4)O[C@@H]3COCc3ccccc3)O[C@@H]2COCc2ccccc2)O[C@@H]1COCc1ccccc1. The van der Waals surface area contributed by atoms with Gasteiger partial charge in [0.25, 0.3) is 0 Å². The lowest BCUT2D eigenvalue weighted by molar-refractivity contribution is -0.368. The number of ether oxygens (including phenoxy) is 12. The van der Waals surface area contributed by atoms with Crippen molar-refractivity contribution in [1.82, 2.24) is 0 Å². The molecule has 10 rings (SSSR count). The second-order valence-electron chi connectivity index (χ2n) is 21.1. The maximum Gasteiger partial charge on any atom is 0.303 e. The third-order valence-electron chi connectivity index (χ3n) is 14.7. The van der Waals surface area contributed by atoms with E-state index >= 15 is 13.2 Å². The predicted molar refractivity (Wildman–Crippen MR) is 317 cm³/mol. The minimum absolute atomic E-state index is 0.0423. The highest BCUT2D eigenvalue weighted by Gasteiger charge is 2.57. The molecule has 3 saturated heterocycles. The van der Waals surface area contributed by atoms with E-state index in [2.05, 4.69) is 0 Å². The Morgan fingerprint density at radius 2 is 0.721 bits per heavy atom. The smallest absolute Gasteiger partial charge is 0.303 e. The van der Waals surface area contributed by atoms with Crippen LogP contribution in [0, 0.1) is 0 Å². The molecule has 0 bridgehead atoms. The van der Waals surface area contributed by atoms with Crippen LogP contribution in [0.3, 0.4) is 0 Å². The molecule has 0 saturated carbocycles. The largest absolute Gasteiger partial charge is 0.457 e. The number of benzene rings is 7. The van der Waals surface area contributed by atoms with E-state index in [0.717, 1.165) is 39.6 Å². The Morgan fingerprint density at radius 1 is 0.407 bits per heavy atom. The molecule has 0 amide bonds. The van der Waals surface area contributed by atoms with Crippen LogP contribution in [0.15, 0.2) is 211 Å². The first kappa shape index (κ1) is 63.0. The first-order chi connectivity index (χ1) is 42.1. The number of esters is 1. The molecule has 3 aliphatic rings. The minimum Gasteiger partial charge on any atom is -0.457 e. The maximum absolute atomic E-state index is 18.5. The Balaban J connectivity index is 0.998. The van der Waals surface area contributed by atoms with Crippen molar-refractivity contribution in [2.45, 2.75) is 143 Å². The first-order valence-electron chi connectivity index (χ1n) is 28.7. The molecule has 3 fully saturated rings. The summed E-state index contributed by atoms with van der Waals surface area (Å²) in [6.45, 7) is 0.713. The van der Waals surface area contributed by atoms with Crippen molar-refractivity contribution in [2.24, 2.45) is 0 Å². The standard InChI is InChI=1S/C68H70ClF3O13S/c1-45(73)80-60-54(42-74-36-46-20-8-2-9-21-46)81-66(57(70)63(60)77-39-49-26-14-5-15-27-49)84-61-55(43-75-37-47-22-10-3-11-23-47)82-67(58(71)64(61)78-40-50-28-16-6-17-29-50)85-62-56(44-76-38-48-24-12-4-13-25-48)83-68(86-53-34-32-52(69)33-35-53)59(72)65(62)79-41-51-30-18-7-19-31-51/h2-35,54-68H,36-44H2,1H3/t54-,55-,56-,57-,58-,59-,60-,61-,62-,63-,64-,65-,66+,67-,68+/m1/s1. The number of alkyl halides is 3. The molecule has 15 atom stereocenters. The average molecular weight is 1220 g/mol. The lowest BCUT2D eigenvalue weighted by atomic mass is 9.96. The molecule has 86 heavy (non-hydrogen) atoms. The van der Waals surface area contributed by atoms with Gasteiger partial charge in [0.15, 0.2) is 37.2 Å². The Hall–Kier alpha value is -6.00. The van der Waals surface area contributed by atoms with Crippen LogP contribution in [-0.4, -0.2) is 117 Å². The molecule has 0 spiro atoms. The molecule has 3 aliphatic heterocycles. The monoisotopic (exact) mass is 1220 g/mol. The van der Waals surface area contributed by atoms with Crippen molar-refractivity contribution in [3.8, 4) is 0 Å². The number of thioether (sulfide) groups is 1. The molecule has 18 heteroatoms. The number of hydrogen-bond acceptors (Lipinski definition) is 14. The van der Waals surface area contributed by atoms with Gasteiger partial charge < -0.3 is 56.8 Å². The van der Waals surface area contributed by atoms with Gasteiger partial charge in [0.2, 0.25) is 0 Å². The normalized spacial score (nSPS) is 27.5. The van der Waals surface area contributed by atoms with Crippen LogP contribution in [0.2, 0.25) is 5.02 Å². The number of halogens is 4. The van der Waals surface area contributed by atoms with E-state index in [1.165, 1.54) is 6.92 Å². The van der Waals surface area contributed by atoms with Crippen LogP contribution in [0.5, 0.6) is 0 Å². The zero-order valence-electron chi connectivity index (χ0n) is 47.4. The Kier molecular flexibility index (Phi) is 23.7. The van der Waals surface area contributed by atoms with Crippen LogP contribution in [0.25, 0.3) is 0 Å². The van der Waals surface area contributed by atoms with Crippen molar-refractivity contribution < 1.29 is 74.8 Å². The van der Waals surface area contributed by atoms with Crippen LogP contribution in [-0.2, 0) is 101 Å². The van der Waals surface area contributed by atoms with Gasteiger partial charge in [-0.05, 0) is 57.6 Å². The zero-order chi connectivity index (χ0) is 59.5. The fourth-order valence-electron chi connectivity index (χ4n) is 10.4. The van der Waals surface area contributed by atoms with Crippen molar-refractivity contribution in [2.75, 3.05) is 19.8 Å². The maximum atomic E-state index is 18.5. The summed E-state index contributed by atoms with van der Waals surface area (Å²) in [7, 11) is 0. The molecule has 0 unspecified atom stereocenters. The van der Waals surface area contributed by atoms with E-state index in [-0.39, 0.29) is 59.5 Å². The van der Waals surface area contributed by atoms with Gasteiger partial charge in [0, 0.05) is 16.8 Å². The van der Waals surface area contributed by atoms with Gasteiger partial charge in [-0.15, -0.1) is 0 Å². The van der Waals surface area contributed by atoms with Crippen molar-refractivity contribution in [3.05, 3.63) is 245 Å². The van der Waals surface area contributed by atoms with E-state index in [0.29, 0.717) is 15.5 Å². The molecule has 7 aromatic rings. The lowest BCUT2D eigenvalue weighted by Crippen LogP contribution is -2.66. The first-order valence-corrected chi connectivity index (χ1v) is 30.0. The summed E-state index contributed by atoms with van der Waals surface area (Å²) in [5, 5.41) is 0.505. The molecule has 0 radical (unpaired) electrons. The molecule has 13 nitrogen and oxygen atoms in total. The Morgan fingerprint density at radius 3 is 1.08 bits per heavy atom. The summed E-state index contributed by atoms with van der Waals surface area (Å²) in [5.41, 5.74) is 3.52. The summed E-state index contributed by atoms with van der Waals surface area (Å²) >= 11 is 7.40. The molecule has 0 aromatic heterocycles. The topological polar surface area (TPSA) is 128 Å². The Bertz CT molecular complexity index is 3070. The summed E-state index contributed by atoms with van der Waals surface area (Å²) < 4.78 is 132. The zero-order valence-corrected chi connectivity index (χ0v) is 49.0. The van der Waals surface area contributed by atoms with Gasteiger partial charge in [0.05, 0.1) is 59.5 Å². The fraction of sp³-hybridized carbons (Fsp3) is 0.368. The molecule has 7 aromatic carbocycles. The van der Waals surface area contributed by atoms with E-state index in [1.54, 1.807) is 24.3 Å². The number of carbonyl (C=O) groups excluding carboxylic acids is 1. The second kappa shape index (κ2) is 32.3. The van der Waals surface area contributed by atoms with E-state index in [4.69, 9.17) is 68.4 Å². The van der Waals surface area contributed by atoms with Crippen molar-refractivity contribution in [3.63, 3.8) is 0 Å². The number of carbonyl (C=O) groups is 1. The third-order valence-corrected chi connectivity index (χ3v) is 16.1. The van der Waals surface area contributed by atoms with Crippen LogP contribution < -0.4 is 0 Å². The van der Waals surface area contributed by atoms with Gasteiger partial charge in [-0.25, -0.2) is 13.2 Å². The van der Waals surface area contributed by atoms with Crippen molar-refractivity contribution >= 4 is 29.3 Å². The lowest BCUT2D eigenvalue weighted by Gasteiger charge is -2.49. The fourth-order valence-corrected chi connectivity index (χ4v) is 11.6. The van der Waals surface area contributed by atoms with E-state index in [9.17, 15) is 4.79 Å². The molecular formula is C68H70ClF3O13S. The van der Waals surface area contributed by atoms with Gasteiger partial charge in [-0.2, -0.15) is 0 Å². The molecule has 3 heterocycles. The highest BCUT2D eigenvalue weighted by atomic mass is 35.5. The summed E-state index contributed by atoms with van der Waals surface area (Å²) in [4.78, 5) is 13.5. The Labute approximate surface area is 509 Å². The average Bonchev–Trinajstić information content (AvgIpc) is 1.73. The van der Waals surface area contributed by atoms with E-state index in [1.807, 2.05) is 182 Å². The van der Waals surface area contributed by atoms with Gasteiger partial charge >= 0.3 is 5.97 Å². The van der Waals surface area contributed by atoms with Crippen LogP contribution in [0.1, 0.15) is 40.3 Å². The minimum atomic E-state index is -2.24. The predicted octanol–water partition coefficient (Wildman–Crippen LogP) is 12.7. The molecular weight excluding hydrogens is 1150 g/mol. The highest BCUT2D eigenvalue weighted by Crippen LogP contribution is 2.41. The van der Waals surface area contributed by atoms with Crippen LogP contribution in [0.4, 0.5) is 13.2 Å². The van der Waals surface area contributed by atoms with Gasteiger partial charge in [0.1, 0.15) is 54.3 Å². The summed E-state index contributed by atoms with van der Waals surface area (Å²) in [6.07, 6.45) is -22.2. The van der Waals surface area contributed by atoms with Gasteiger partial charge in [-0.1, -0.05) is 205 Å². The third kappa shape index (κ3) is 17.8. The highest BCUT2D eigenvalue weighted by molar-refractivity contribution is 7.99. The quantitative estimate of drug-likeness (QED) is 0.0432. The summed E-state index contributed by atoms with van der Waals surface area (Å²) in [5.74, 6) is -0.709. The van der Waals surface area contributed by atoms with E-state index < -0.39 is 97.4 Å². The molecule has 0 aliphatic carbocycles. The second-order valence-corrected chi connectivity index (χ2v) is 22.7. The summed E-state index contributed by atoms with van der Waals surface area (Å²) in [6, 6.07) is 62.7. The molecule has 454 valence electrons. The number of hydrogen-bond donors (Lipinski definition) is 0. The number of rotatable bonds is 28. The van der Waals surface area contributed by atoms with Crippen molar-refractivity contribution in [1.29, 1.82) is 0 Å². The van der Waals surface area contributed by atoms with Gasteiger partial charge in [-0.3, -0.25) is 4.79 Å². The molecule has 0 N–H and O–H groups in total.